The molecule has 0 unspecified atom stereocenters. The van der Waals surface area contributed by atoms with Crippen molar-refractivity contribution in [3.63, 3.8) is 0 Å². The quantitative estimate of drug-likeness (QED) is 0.121. The van der Waals surface area contributed by atoms with Crippen LogP contribution in [0.2, 0.25) is 0 Å². The van der Waals surface area contributed by atoms with E-state index < -0.39 is 0 Å². The van der Waals surface area contributed by atoms with Crippen molar-refractivity contribution in [3.05, 3.63) is 473 Å². The van der Waals surface area contributed by atoms with Gasteiger partial charge in [-0.05, 0) is 193 Å². The molecule has 22 aromatic rings. The highest BCUT2D eigenvalue weighted by molar-refractivity contribution is 6.99. The van der Waals surface area contributed by atoms with Gasteiger partial charge in [0.1, 0.15) is 0 Å². The lowest BCUT2D eigenvalue weighted by atomic mass is 9.28. The summed E-state index contributed by atoms with van der Waals surface area (Å²) in [6.07, 6.45) is 14.1. The fraction of sp³-hybridized carbons (Fsp3) is 0.0504. The third-order valence-corrected chi connectivity index (χ3v) is 28.0. The van der Waals surface area contributed by atoms with Gasteiger partial charge in [-0.15, -0.1) is 10.2 Å². The number of hydrogen-bond acceptors (Lipinski definition) is 5. The molecule has 0 bridgehead atoms. The Labute approximate surface area is 754 Å². The molecule has 17 aromatic carbocycles. The second-order valence-electron chi connectivity index (χ2n) is 35.1. The Morgan fingerprint density at radius 2 is 0.515 bits per heavy atom. The average molecular weight is 1660 g/mol. The van der Waals surface area contributed by atoms with Gasteiger partial charge in [0.15, 0.2) is 11.6 Å². The summed E-state index contributed by atoms with van der Waals surface area (Å²) in [4.78, 5) is 15.9. The van der Waals surface area contributed by atoms with Crippen molar-refractivity contribution in [2.24, 2.45) is 0 Å². The van der Waals surface area contributed by atoms with E-state index in [-0.39, 0.29) is 0 Å². The summed E-state index contributed by atoms with van der Waals surface area (Å²) in [5.41, 5.74) is 44.4. The van der Waals surface area contributed by atoms with E-state index >= 15 is 0 Å². The molecule has 11 heterocycles. The van der Waals surface area contributed by atoms with Crippen LogP contribution in [0.15, 0.2) is 384 Å². The summed E-state index contributed by atoms with van der Waals surface area (Å²) in [6.45, 7) is 16.6. The third kappa shape index (κ3) is 12.3. The monoisotopic (exact) mass is 1660 g/mol. The van der Waals surface area contributed by atoms with Crippen LogP contribution in [0, 0.1) is 0 Å². The lowest BCUT2D eigenvalue weighted by Crippen LogP contribution is -2.64. The summed E-state index contributed by atoms with van der Waals surface area (Å²) in [5, 5.41) is 18.4. The van der Waals surface area contributed by atoms with Crippen LogP contribution in [-0.4, -0.2) is 56.8 Å². The van der Waals surface area contributed by atoms with E-state index in [4.69, 9.17) is 15.0 Å². The minimum Gasteiger partial charge on any atom is -0.278 e. The molecule has 6 aliphatic heterocycles. The Hall–Kier alpha value is -16.4. The third-order valence-electron chi connectivity index (χ3n) is 28.0. The smallest absolute Gasteiger partial charge is 0.243 e. The molecule has 0 spiro atoms. The Morgan fingerprint density at radius 3 is 0.915 bits per heavy atom. The van der Waals surface area contributed by atoms with Crippen LogP contribution >= 0.6 is 0 Å². The van der Waals surface area contributed by atoms with Gasteiger partial charge in [-0.2, -0.15) is 15.0 Å². The van der Waals surface area contributed by atoms with Crippen LogP contribution < -0.4 is 32.8 Å². The van der Waals surface area contributed by atoms with Gasteiger partial charge in [-0.3, -0.25) is 18.3 Å². The van der Waals surface area contributed by atoms with E-state index in [1.807, 2.05) is 54.6 Å². The van der Waals surface area contributed by atoms with Crippen molar-refractivity contribution in [1.29, 1.82) is 0 Å². The van der Waals surface area contributed by atoms with Crippen molar-refractivity contribution < 1.29 is 0 Å². The molecule has 0 saturated heterocycles. The van der Waals surface area contributed by atoms with E-state index in [1.54, 1.807) is 32.8 Å². The van der Waals surface area contributed by atoms with Gasteiger partial charge in [-0.1, -0.05) is 393 Å². The number of para-hydroxylation sites is 5. The Balaban J connectivity index is 0.0000000968. The largest absolute Gasteiger partial charge is 0.278 e. The van der Waals surface area contributed by atoms with Gasteiger partial charge in [0, 0.05) is 48.8 Å². The maximum Gasteiger partial charge on any atom is 0.243 e. The number of hydrogen-bond donors (Lipinski definition) is 0. The second-order valence-corrected chi connectivity index (χ2v) is 35.1. The van der Waals surface area contributed by atoms with Crippen LogP contribution in [0.5, 0.6) is 0 Å². The fourth-order valence-corrected chi connectivity index (χ4v) is 22.4. The predicted molar refractivity (Wildman–Crippen MR) is 543 cm³/mol. The highest BCUT2D eigenvalue weighted by atomic mass is 15.3. The molecule has 0 radical (unpaired) electrons. The van der Waals surface area contributed by atoms with Crippen LogP contribution in [0.4, 0.5) is 0 Å². The molecule has 0 saturated carbocycles. The van der Waals surface area contributed by atoms with Gasteiger partial charge in [0.2, 0.25) is 31.3 Å². The van der Waals surface area contributed by atoms with E-state index in [0.29, 0.717) is 31.3 Å². The zero-order valence-corrected chi connectivity index (χ0v) is 71.6. The zero-order chi connectivity index (χ0) is 86.3. The molecular weight excluding hydrogens is 1580 g/mol. The molecule has 6 aliphatic rings. The molecule has 0 aliphatic carbocycles. The summed E-state index contributed by atoms with van der Waals surface area (Å²) in [7, 11) is 0. The molecule has 9 nitrogen and oxygen atoms in total. The molecule has 11 heteroatoms. The highest BCUT2D eigenvalue weighted by Gasteiger charge is 2.44. The molecule has 0 N–H and O–H groups in total. The van der Waals surface area contributed by atoms with Crippen LogP contribution in [0.1, 0.15) is 89.0 Å². The molecule has 610 valence electrons. The van der Waals surface area contributed by atoms with Crippen LogP contribution in [0.3, 0.4) is 0 Å². The van der Waals surface area contributed by atoms with E-state index in [2.05, 4.69) is 382 Å². The standard InChI is InChI=1S/C41H26N6.C29H21B.C26H19N3.C23H17B/c1-2-26-23-24-38-32(25-26)31-17-7-12-22-37(31)47(38)41-43-39(45-33-18-8-3-13-27(33)28-14-4-9-19-34(28)45)42-40(44-41)46-35-20-10-5-15-29(35)30-16-6-11-21-36(30)46;1-2-18-9-11-19(12-10-18)24-16-25-14-22-7-3-5-20-13-21-6-4-8-23-15-26(17-24)29(25)30(27(20)22)28(21)23;1-2-19-15-17-22(18-16-19)26-28-27-25(21-10-4-3-5-11-21)29(26)24-14-8-12-20-9-6-7-13-23(20)24;1-2-14-9-19-12-17-7-3-5-15-11-16-6-4-8-18-13-20(10-14)23(19)24(21(15)17)22(16)18/h2-25H,1H2;2-12,16-17H,1,13-15H2;2-18H,1H2;2-10H,1,11-13H2. The van der Waals surface area contributed by atoms with Crippen molar-refractivity contribution in [3.8, 4) is 57.4 Å². The van der Waals surface area contributed by atoms with Crippen LogP contribution in [-0.2, 0) is 38.5 Å². The number of aromatic nitrogens is 9. The zero-order valence-electron chi connectivity index (χ0n) is 71.6. The molecule has 28 rings (SSSR count). The minimum absolute atomic E-state index is 0.431. The van der Waals surface area contributed by atoms with Crippen molar-refractivity contribution in [2.75, 3.05) is 0 Å². The first-order valence-electron chi connectivity index (χ1n) is 45.0. The molecule has 130 heavy (non-hydrogen) atoms. The first kappa shape index (κ1) is 76.1. The molecular formula is C119H83B2N9. The summed E-state index contributed by atoms with van der Waals surface area (Å²) >= 11 is 0. The van der Waals surface area contributed by atoms with Gasteiger partial charge in [0.05, 0.1) is 38.8 Å². The first-order valence-corrected chi connectivity index (χ1v) is 45.0. The van der Waals surface area contributed by atoms with Crippen molar-refractivity contribution >= 4 is 147 Å². The van der Waals surface area contributed by atoms with Gasteiger partial charge < -0.3 is 0 Å². The SMILES string of the molecule is C=Cc1cc2c3c(c1)Cc1cccc4c1B3c1c(cccc1C2)C4.C=Cc1ccc(-c2cc3c4c(c2)Cc2cccc5c2B4c2c(cccc2C3)C5)cc1.C=Cc1ccc(-c2nnc(-c3ccccc3)n2-c2cccc3ccccc23)cc1.C=Cc1ccc2c(c1)c1ccccc1n2-c1nc(-n2c3ccccc3c3ccccc32)nc(-n2c3ccccc3c3ccccc32)n1. The maximum absolute atomic E-state index is 5.30. The van der Waals surface area contributed by atoms with Crippen LogP contribution in [0.25, 0.3) is 158 Å². The van der Waals surface area contributed by atoms with Gasteiger partial charge >= 0.3 is 0 Å². The normalized spacial score (nSPS) is 12.8. The second kappa shape index (κ2) is 30.8. The van der Waals surface area contributed by atoms with E-state index in [1.165, 1.54) is 94.4 Å². The van der Waals surface area contributed by atoms with Gasteiger partial charge in [0.25, 0.3) is 0 Å². The minimum atomic E-state index is 0.431. The number of rotatable bonds is 11. The average Bonchev–Trinajstić information content (AvgIpc) is 0.798. The first-order chi connectivity index (χ1) is 64.3. The lowest BCUT2D eigenvalue weighted by molar-refractivity contribution is 0.848. The Morgan fingerprint density at radius 1 is 0.215 bits per heavy atom. The van der Waals surface area contributed by atoms with Gasteiger partial charge in [-0.25, -0.2) is 0 Å². The number of nitrogens with zero attached hydrogens (tertiary/aromatic N) is 9. The number of benzene rings is 17. The summed E-state index contributed by atoms with van der Waals surface area (Å²) < 4.78 is 8.64. The Bertz CT molecular complexity index is 8140. The topological polar surface area (TPSA) is 84.2 Å². The molecule has 5 aromatic heterocycles. The lowest BCUT2D eigenvalue weighted by Gasteiger charge is -2.39. The molecule has 0 amide bonds. The predicted octanol–water partition coefficient (Wildman–Crippen LogP) is 23.0. The molecule has 0 atom stereocenters. The Kier molecular flexibility index (Phi) is 18.0. The van der Waals surface area contributed by atoms with Crippen molar-refractivity contribution in [2.45, 2.75) is 38.5 Å². The maximum atomic E-state index is 5.30. The highest BCUT2D eigenvalue weighted by Crippen LogP contribution is 2.41. The summed E-state index contributed by atoms with van der Waals surface area (Å²) in [6, 6.07) is 128. The van der Waals surface area contributed by atoms with E-state index in [0.717, 1.165) is 149 Å². The number of fused-ring (bicyclic) bond motifs is 10. The van der Waals surface area contributed by atoms with E-state index in [9.17, 15) is 0 Å². The summed E-state index contributed by atoms with van der Waals surface area (Å²) in [5.74, 6) is 3.29. The van der Waals surface area contributed by atoms with Crippen molar-refractivity contribution in [1.82, 2.24) is 43.4 Å². The fourth-order valence-electron chi connectivity index (χ4n) is 22.4. The molecule has 0 fully saturated rings.